The number of hydrogen-bond donors (Lipinski definition) is 2. The van der Waals surface area contributed by atoms with Crippen LogP contribution in [0.1, 0.15) is 36.7 Å². The Morgan fingerprint density at radius 2 is 2.18 bits per heavy atom. The summed E-state index contributed by atoms with van der Waals surface area (Å²) in [5.41, 5.74) is 0.997. The second kappa shape index (κ2) is 7.35. The lowest BCUT2D eigenvalue weighted by Crippen LogP contribution is -2.40. The molecule has 0 aromatic carbocycles. The molecule has 0 aliphatic rings. The molecule has 0 saturated heterocycles. The van der Waals surface area contributed by atoms with Gasteiger partial charge in [0.1, 0.15) is 11.7 Å². The molecule has 0 bridgehead atoms. The van der Waals surface area contributed by atoms with Crippen molar-refractivity contribution in [1.29, 1.82) is 0 Å². The molecule has 2 rings (SSSR count). The standard InChI is InChI=1S/C15H17N3O4/c1-2-3-6-11(15(20)21)17-14(19)13-9-12(18-22-13)10-7-4-5-8-16-10/h4-5,7-9,11H,2-3,6H2,1H3,(H,17,19)(H,20,21). The maximum Gasteiger partial charge on any atom is 0.326 e. The summed E-state index contributed by atoms with van der Waals surface area (Å²) in [5.74, 6) is -1.70. The Balaban J connectivity index is 2.06. The fourth-order valence-electron chi connectivity index (χ4n) is 1.91. The van der Waals surface area contributed by atoms with Crippen molar-refractivity contribution in [2.75, 3.05) is 0 Å². The molecule has 1 atom stereocenters. The van der Waals surface area contributed by atoms with Crippen LogP contribution < -0.4 is 5.32 Å². The number of aromatic nitrogens is 2. The molecular weight excluding hydrogens is 286 g/mol. The van der Waals surface area contributed by atoms with Gasteiger partial charge in [-0.15, -0.1) is 0 Å². The zero-order valence-electron chi connectivity index (χ0n) is 12.2. The number of aliphatic carboxylic acids is 1. The fraction of sp³-hybridized carbons (Fsp3) is 0.333. The summed E-state index contributed by atoms with van der Waals surface area (Å²) < 4.78 is 4.97. The highest BCUT2D eigenvalue weighted by atomic mass is 16.5. The zero-order chi connectivity index (χ0) is 15.9. The van der Waals surface area contributed by atoms with Crippen LogP contribution in [0.25, 0.3) is 11.4 Å². The minimum absolute atomic E-state index is 0.0385. The van der Waals surface area contributed by atoms with Crippen molar-refractivity contribution in [3.63, 3.8) is 0 Å². The van der Waals surface area contributed by atoms with Crippen LogP contribution >= 0.6 is 0 Å². The summed E-state index contributed by atoms with van der Waals surface area (Å²) in [4.78, 5) is 27.3. The Morgan fingerprint density at radius 3 is 2.82 bits per heavy atom. The van der Waals surface area contributed by atoms with Crippen molar-refractivity contribution in [3.05, 3.63) is 36.2 Å². The Labute approximate surface area is 127 Å². The molecule has 0 aliphatic carbocycles. The molecule has 0 spiro atoms. The third-order valence-electron chi connectivity index (χ3n) is 3.11. The molecule has 7 heteroatoms. The first-order chi connectivity index (χ1) is 10.6. The van der Waals surface area contributed by atoms with Crippen molar-refractivity contribution in [2.24, 2.45) is 0 Å². The Hall–Kier alpha value is -2.70. The number of nitrogens with zero attached hydrogens (tertiary/aromatic N) is 2. The Kier molecular flexibility index (Phi) is 5.24. The average molecular weight is 303 g/mol. The highest BCUT2D eigenvalue weighted by molar-refractivity contribution is 5.94. The van der Waals surface area contributed by atoms with Crippen LogP contribution in [0.2, 0.25) is 0 Å². The summed E-state index contributed by atoms with van der Waals surface area (Å²) in [7, 11) is 0. The maximum absolute atomic E-state index is 12.0. The molecule has 2 N–H and O–H groups in total. The molecular formula is C15H17N3O4. The van der Waals surface area contributed by atoms with Crippen LogP contribution in [0, 0.1) is 0 Å². The number of carboxylic acids is 1. The van der Waals surface area contributed by atoms with Gasteiger partial charge in [0.2, 0.25) is 5.76 Å². The summed E-state index contributed by atoms with van der Waals surface area (Å²) in [6.45, 7) is 1.95. The van der Waals surface area contributed by atoms with Gasteiger partial charge in [-0.3, -0.25) is 9.78 Å². The van der Waals surface area contributed by atoms with Crippen LogP contribution in [0.5, 0.6) is 0 Å². The van der Waals surface area contributed by atoms with E-state index in [0.29, 0.717) is 24.2 Å². The van der Waals surface area contributed by atoms with E-state index >= 15 is 0 Å². The van der Waals surface area contributed by atoms with Gasteiger partial charge >= 0.3 is 5.97 Å². The molecule has 0 saturated carbocycles. The van der Waals surface area contributed by atoms with Gasteiger partial charge in [-0.1, -0.05) is 31.0 Å². The van der Waals surface area contributed by atoms with Crippen molar-refractivity contribution in [2.45, 2.75) is 32.2 Å². The number of unbranched alkanes of at least 4 members (excludes halogenated alkanes) is 1. The number of hydrogen-bond acceptors (Lipinski definition) is 5. The van der Waals surface area contributed by atoms with Crippen LogP contribution in [0.3, 0.4) is 0 Å². The third kappa shape index (κ3) is 3.91. The minimum atomic E-state index is -1.06. The SMILES string of the molecule is CCCCC(NC(=O)c1cc(-c2ccccn2)no1)C(=O)O. The number of amides is 1. The number of carboxylic acid groups (broad SMARTS) is 1. The van der Waals surface area contributed by atoms with Gasteiger partial charge in [-0.25, -0.2) is 4.79 Å². The lowest BCUT2D eigenvalue weighted by atomic mass is 10.1. The second-order valence-corrected chi connectivity index (χ2v) is 4.80. The Morgan fingerprint density at radius 1 is 1.36 bits per heavy atom. The van der Waals surface area contributed by atoms with Crippen LogP contribution in [0.15, 0.2) is 35.0 Å². The first-order valence-electron chi connectivity index (χ1n) is 7.03. The quantitative estimate of drug-likeness (QED) is 0.811. The lowest BCUT2D eigenvalue weighted by Gasteiger charge is -2.12. The largest absolute Gasteiger partial charge is 0.480 e. The normalized spacial score (nSPS) is 11.9. The van der Waals surface area contributed by atoms with E-state index < -0.39 is 17.9 Å². The van der Waals surface area contributed by atoms with E-state index in [1.165, 1.54) is 6.07 Å². The minimum Gasteiger partial charge on any atom is -0.480 e. The van der Waals surface area contributed by atoms with Crippen LogP contribution in [0.4, 0.5) is 0 Å². The van der Waals surface area contributed by atoms with E-state index in [1.807, 2.05) is 6.92 Å². The lowest BCUT2D eigenvalue weighted by molar-refractivity contribution is -0.139. The number of nitrogens with one attached hydrogen (secondary N) is 1. The predicted octanol–water partition coefficient (Wildman–Crippen LogP) is 2.11. The zero-order valence-corrected chi connectivity index (χ0v) is 12.2. The molecule has 0 aliphatic heterocycles. The van der Waals surface area contributed by atoms with Crippen molar-refractivity contribution in [1.82, 2.24) is 15.5 Å². The maximum atomic E-state index is 12.0. The number of carbonyl (C=O) groups excluding carboxylic acids is 1. The van der Waals surface area contributed by atoms with Crippen molar-refractivity contribution >= 4 is 11.9 Å². The van der Waals surface area contributed by atoms with Crippen molar-refractivity contribution < 1.29 is 19.2 Å². The summed E-state index contributed by atoms with van der Waals surface area (Å²) in [5, 5.41) is 15.3. The van der Waals surface area contributed by atoms with E-state index in [1.54, 1.807) is 24.4 Å². The van der Waals surface area contributed by atoms with Gasteiger partial charge in [-0.05, 0) is 18.6 Å². The number of rotatable bonds is 7. The Bertz CT molecular complexity index is 639. The average Bonchev–Trinajstić information content (AvgIpc) is 3.02. The molecule has 1 unspecified atom stereocenters. The molecule has 0 radical (unpaired) electrons. The van der Waals surface area contributed by atoms with E-state index in [-0.39, 0.29) is 5.76 Å². The molecule has 0 fully saturated rings. The molecule has 2 aromatic heterocycles. The highest BCUT2D eigenvalue weighted by Crippen LogP contribution is 2.16. The van der Waals surface area contributed by atoms with Gasteiger partial charge in [0.15, 0.2) is 0 Å². The van der Waals surface area contributed by atoms with E-state index in [4.69, 9.17) is 9.63 Å². The molecule has 2 heterocycles. The van der Waals surface area contributed by atoms with Crippen LogP contribution in [-0.4, -0.2) is 33.2 Å². The highest BCUT2D eigenvalue weighted by Gasteiger charge is 2.22. The fourth-order valence-corrected chi connectivity index (χ4v) is 1.91. The number of pyridine rings is 1. The van der Waals surface area contributed by atoms with Crippen LogP contribution in [-0.2, 0) is 4.79 Å². The topological polar surface area (TPSA) is 105 Å². The molecule has 7 nitrogen and oxygen atoms in total. The van der Waals surface area contributed by atoms with Gasteiger partial charge < -0.3 is 14.9 Å². The van der Waals surface area contributed by atoms with E-state index in [0.717, 1.165) is 6.42 Å². The van der Waals surface area contributed by atoms with E-state index in [9.17, 15) is 9.59 Å². The first kappa shape index (κ1) is 15.7. The first-order valence-corrected chi connectivity index (χ1v) is 7.03. The van der Waals surface area contributed by atoms with Gasteiger partial charge in [0, 0.05) is 12.3 Å². The van der Waals surface area contributed by atoms with E-state index in [2.05, 4.69) is 15.5 Å². The monoisotopic (exact) mass is 303 g/mol. The smallest absolute Gasteiger partial charge is 0.326 e. The van der Waals surface area contributed by atoms with Gasteiger partial charge in [0.25, 0.3) is 5.91 Å². The summed E-state index contributed by atoms with van der Waals surface area (Å²) >= 11 is 0. The van der Waals surface area contributed by atoms with Gasteiger partial charge in [-0.2, -0.15) is 0 Å². The predicted molar refractivity (Wildman–Crippen MR) is 78.1 cm³/mol. The number of carbonyl (C=O) groups is 2. The third-order valence-corrected chi connectivity index (χ3v) is 3.11. The molecule has 2 aromatic rings. The van der Waals surface area contributed by atoms with Crippen molar-refractivity contribution in [3.8, 4) is 11.4 Å². The van der Waals surface area contributed by atoms with Gasteiger partial charge in [0.05, 0.1) is 5.69 Å². The summed E-state index contributed by atoms with van der Waals surface area (Å²) in [6, 6.07) is 5.80. The second-order valence-electron chi connectivity index (χ2n) is 4.80. The molecule has 1 amide bonds. The molecule has 116 valence electrons. The molecule has 22 heavy (non-hydrogen) atoms. The summed E-state index contributed by atoms with van der Waals surface area (Å²) in [6.07, 6.45) is 3.55.